The van der Waals surface area contributed by atoms with Crippen molar-refractivity contribution >= 4 is 40.5 Å². The zero-order valence-corrected chi connectivity index (χ0v) is 19.1. The van der Waals surface area contributed by atoms with Crippen LogP contribution in [0.4, 0.5) is 11.4 Å². The van der Waals surface area contributed by atoms with Gasteiger partial charge in [0.1, 0.15) is 5.69 Å². The van der Waals surface area contributed by atoms with Crippen LogP contribution in [0.5, 0.6) is 0 Å². The Balaban J connectivity index is 1.26. The zero-order valence-electron chi connectivity index (χ0n) is 17.6. The van der Waals surface area contributed by atoms with Crippen LogP contribution in [0.15, 0.2) is 47.0 Å². The van der Waals surface area contributed by atoms with E-state index in [2.05, 4.69) is 10.1 Å². The number of carbonyl (C=O) groups excluding carboxylic acids is 1. The Labute approximate surface area is 200 Å². The first kappa shape index (κ1) is 23.0. The average Bonchev–Trinajstić information content (AvgIpc) is 3.28. The molecular formula is C22H21Cl2N5O4. The first-order valence-corrected chi connectivity index (χ1v) is 11.2. The number of benzene rings is 2. The molecule has 1 aliphatic heterocycles. The summed E-state index contributed by atoms with van der Waals surface area (Å²) < 4.78 is 5.29. The van der Waals surface area contributed by atoms with Crippen LogP contribution in [0, 0.1) is 10.1 Å². The fourth-order valence-electron chi connectivity index (χ4n) is 3.73. The van der Waals surface area contributed by atoms with Gasteiger partial charge in [-0.1, -0.05) is 28.4 Å². The zero-order chi connectivity index (χ0) is 23.4. The number of piperazine rings is 1. The number of amides is 1. The molecule has 1 aliphatic rings. The molecule has 3 aromatic rings. The van der Waals surface area contributed by atoms with Gasteiger partial charge in [-0.2, -0.15) is 4.98 Å². The molecule has 0 atom stereocenters. The third-order valence-corrected chi connectivity index (χ3v) is 5.95. The molecule has 1 amide bonds. The van der Waals surface area contributed by atoms with Crippen molar-refractivity contribution in [3.63, 3.8) is 0 Å². The second-order valence-electron chi connectivity index (χ2n) is 7.63. The number of nitro groups is 1. The van der Waals surface area contributed by atoms with Crippen molar-refractivity contribution in [2.45, 2.75) is 19.3 Å². The minimum Gasteiger partial charge on any atom is -0.362 e. The Morgan fingerprint density at radius 2 is 1.76 bits per heavy atom. The van der Waals surface area contributed by atoms with Crippen LogP contribution in [-0.4, -0.2) is 52.1 Å². The van der Waals surface area contributed by atoms with E-state index in [-0.39, 0.29) is 11.6 Å². The van der Waals surface area contributed by atoms with Gasteiger partial charge in [0.2, 0.25) is 17.6 Å². The minimum atomic E-state index is -0.436. The summed E-state index contributed by atoms with van der Waals surface area (Å²) >= 11 is 11.8. The Kier molecular flexibility index (Phi) is 7.10. The summed E-state index contributed by atoms with van der Waals surface area (Å²) in [5.74, 6) is 1.01. The van der Waals surface area contributed by atoms with E-state index in [0.29, 0.717) is 72.9 Å². The standard InChI is InChI=1S/C22H21Cl2N5O4/c23-16-6-4-15(5-7-16)22-25-20(33-26-22)2-1-3-21(30)28-12-10-27(11-13-28)18-9-8-17(24)14-19(18)29(31)32/h4-9,14H,1-3,10-13H2. The molecule has 0 saturated carbocycles. The van der Waals surface area contributed by atoms with E-state index in [1.54, 1.807) is 29.2 Å². The van der Waals surface area contributed by atoms with Crippen molar-refractivity contribution in [2.75, 3.05) is 31.1 Å². The molecule has 2 heterocycles. The number of halogens is 2. The molecular weight excluding hydrogens is 469 g/mol. The van der Waals surface area contributed by atoms with Crippen LogP contribution in [-0.2, 0) is 11.2 Å². The highest BCUT2D eigenvalue weighted by Gasteiger charge is 2.26. The van der Waals surface area contributed by atoms with E-state index in [4.69, 9.17) is 27.7 Å². The number of hydrogen-bond acceptors (Lipinski definition) is 7. The Morgan fingerprint density at radius 3 is 2.45 bits per heavy atom. The van der Waals surface area contributed by atoms with Gasteiger partial charge in [-0.05, 0) is 42.8 Å². The summed E-state index contributed by atoms with van der Waals surface area (Å²) in [5.41, 5.74) is 1.30. The smallest absolute Gasteiger partial charge is 0.294 e. The maximum atomic E-state index is 12.6. The SMILES string of the molecule is O=C(CCCc1nc(-c2ccc(Cl)cc2)no1)N1CCN(c2ccc(Cl)cc2[N+](=O)[O-])CC1. The Morgan fingerprint density at radius 1 is 1.06 bits per heavy atom. The normalized spacial score (nSPS) is 13.9. The van der Waals surface area contributed by atoms with E-state index in [0.717, 1.165) is 5.56 Å². The number of carbonyl (C=O) groups is 1. The van der Waals surface area contributed by atoms with E-state index >= 15 is 0 Å². The number of hydrogen-bond donors (Lipinski definition) is 0. The van der Waals surface area contributed by atoms with Crippen molar-refractivity contribution in [3.05, 3.63) is 68.5 Å². The molecule has 11 heteroatoms. The molecule has 0 bridgehead atoms. The molecule has 33 heavy (non-hydrogen) atoms. The highest BCUT2D eigenvalue weighted by Crippen LogP contribution is 2.31. The van der Waals surface area contributed by atoms with Crippen LogP contribution in [0.2, 0.25) is 10.0 Å². The molecule has 1 aromatic heterocycles. The largest absolute Gasteiger partial charge is 0.362 e. The molecule has 2 aromatic carbocycles. The molecule has 9 nitrogen and oxygen atoms in total. The molecule has 1 saturated heterocycles. The highest BCUT2D eigenvalue weighted by atomic mass is 35.5. The van der Waals surface area contributed by atoms with Gasteiger partial charge in [-0.3, -0.25) is 14.9 Å². The maximum Gasteiger partial charge on any atom is 0.294 e. The predicted molar refractivity (Wildman–Crippen MR) is 125 cm³/mol. The second-order valence-corrected chi connectivity index (χ2v) is 8.50. The number of nitrogens with zero attached hydrogens (tertiary/aromatic N) is 5. The van der Waals surface area contributed by atoms with E-state index in [1.807, 2.05) is 17.0 Å². The summed E-state index contributed by atoms with van der Waals surface area (Å²) in [5, 5.41) is 16.3. The van der Waals surface area contributed by atoms with Crippen LogP contribution < -0.4 is 4.90 Å². The average molecular weight is 490 g/mol. The van der Waals surface area contributed by atoms with Gasteiger partial charge in [0.25, 0.3) is 5.69 Å². The summed E-state index contributed by atoms with van der Waals surface area (Å²) in [6.45, 7) is 2.03. The van der Waals surface area contributed by atoms with Gasteiger partial charge in [0.15, 0.2) is 0 Å². The number of nitro benzene ring substituents is 1. The number of anilines is 1. The number of rotatable bonds is 7. The number of aryl methyl sites for hydroxylation is 1. The summed E-state index contributed by atoms with van der Waals surface area (Å²) in [4.78, 5) is 31.6. The quantitative estimate of drug-likeness (QED) is 0.351. The van der Waals surface area contributed by atoms with Crippen molar-refractivity contribution in [2.24, 2.45) is 0 Å². The lowest BCUT2D eigenvalue weighted by Crippen LogP contribution is -2.48. The van der Waals surface area contributed by atoms with Crippen molar-refractivity contribution < 1.29 is 14.2 Å². The first-order chi connectivity index (χ1) is 15.9. The van der Waals surface area contributed by atoms with Crippen molar-refractivity contribution in [3.8, 4) is 11.4 Å². The van der Waals surface area contributed by atoms with Crippen LogP contribution in [0.3, 0.4) is 0 Å². The predicted octanol–water partition coefficient (Wildman–Crippen LogP) is 4.62. The van der Waals surface area contributed by atoms with Gasteiger partial charge in [-0.25, -0.2) is 0 Å². The summed E-state index contributed by atoms with van der Waals surface area (Å²) in [7, 11) is 0. The highest BCUT2D eigenvalue weighted by molar-refractivity contribution is 6.31. The molecule has 0 unspecified atom stereocenters. The van der Waals surface area contributed by atoms with E-state index in [1.165, 1.54) is 6.07 Å². The van der Waals surface area contributed by atoms with Gasteiger partial charge >= 0.3 is 0 Å². The van der Waals surface area contributed by atoms with E-state index in [9.17, 15) is 14.9 Å². The Bertz CT molecular complexity index is 1140. The van der Waals surface area contributed by atoms with Crippen LogP contribution in [0.25, 0.3) is 11.4 Å². The van der Waals surface area contributed by atoms with Gasteiger partial charge in [-0.15, -0.1) is 0 Å². The lowest BCUT2D eigenvalue weighted by atomic mass is 10.2. The summed E-state index contributed by atoms with van der Waals surface area (Å²) in [6, 6.07) is 11.8. The van der Waals surface area contributed by atoms with Crippen LogP contribution >= 0.6 is 23.2 Å². The molecule has 0 N–H and O–H groups in total. The molecule has 0 spiro atoms. The third-order valence-electron chi connectivity index (χ3n) is 5.46. The van der Waals surface area contributed by atoms with E-state index < -0.39 is 4.92 Å². The summed E-state index contributed by atoms with van der Waals surface area (Å²) in [6.07, 6.45) is 1.45. The third kappa shape index (κ3) is 5.61. The fourth-order valence-corrected chi connectivity index (χ4v) is 4.02. The van der Waals surface area contributed by atoms with Gasteiger partial charge in [0, 0.05) is 60.7 Å². The van der Waals surface area contributed by atoms with Gasteiger partial charge in [0.05, 0.1) is 4.92 Å². The first-order valence-electron chi connectivity index (χ1n) is 10.5. The lowest BCUT2D eigenvalue weighted by Gasteiger charge is -2.35. The Hall–Kier alpha value is -3.17. The topological polar surface area (TPSA) is 106 Å². The van der Waals surface area contributed by atoms with Crippen molar-refractivity contribution in [1.29, 1.82) is 0 Å². The molecule has 1 fully saturated rings. The van der Waals surface area contributed by atoms with Gasteiger partial charge < -0.3 is 14.3 Å². The molecule has 0 radical (unpaired) electrons. The minimum absolute atomic E-state index is 0.0280. The second kappa shape index (κ2) is 10.2. The maximum absolute atomic E-state index is 12.6. The monoisotopic (exact) mass is 489 g/mol. The molecule has 172 valence electrons. The van der Waals surface area contributed by atoms with Crippen LogP contribution in [0.1, 0.15) is 18.7 Å². The van der Waals surface area contributed by atoms with Crippen molar-refractivity contribution in [1.82, 2.24) is 15.0 Å². The molecule has 4 rings (SSSR count). The molecule has 0 aliphatic carbocycles. The fraction of sp³-hybridized carbons (Fsp3) is 0.318. The lowest BCUT2D eigenvalue weighted by molar-refractivity contribution is -0.384. The number of aromatic nitrogens is 2.